The number of benzene rings is 1. The SMILES string of the molecule is Cc1ccc(S(=O)(=O)C(C)C)c(C#N)c1. The molecule has 0 heterocycles. The van der Waals surface area contributed by atoms with Crippen LogP contribution in [0.1, 0.15) is 25.0 Å². The molecule has 1 aromatic rings. The van der Waals surface area contributed by atoms with Gasteiger partial charge in [-0.15, -0.1) is 0 Å². The molecule has 0 saturated carbocycles. The Morgan fingerprint density at radius 2 is 1.93 bits per heavy atom. The minimum absolute atomic E-state index is 0.130. The minimum atomic E-state index is -3.36. The zero-order chi connectivity index (χ0) is 11.6. The molecule has 0 unspecified atom stereocenters. The summed E-state index contributed by atoms with van der Waals surface area (Å²) in [7, 11) is -3.36. The van der Waals surface area contributed by atoms with E-state index in [1.807, 2.05) is 13.0 Å². The Labute approximate surface area is 90.3 Å². The Hall–Kier alpha value is -1.34. The third-order valence-electron chi connectivity index (χ3n) is 2.18. The maximum atomic E-state index is 11.9. The standard InChI is InChI=1S/C11H13NO2S/c1-8(2)15(13,14)11-5-4-9(3)6-10(11)7-12/h4-6,8H,1-3H3. The molecular formula is C11H13NO2S. The van der Waals surface area contributed by atoms with Crippen LogP contribution in [0.15, 0.2) is 23.1 Å². The molecule has 0 aromatic heterocycles. The van der Waals surface area contributed by atoms with Crippen LogP contribution in [0.25, 0.3) is 0 Å². The van der Waals surface area contributed by atoms with Gasteiger partial charge in [-0.25, -0.2) is 8.42 Å². The Balaban J connectivity index is 3.47. The number of rotatable bonds is 2. The lowest BCUT2D eigenvalue weighted by atomic mass is 10.2. The van der Waals surface area contributed by atoms with Crippen molar-refractivity contribution in [2.24, 2.45) is 0 Å². The van der Waals surface area contributed by atoms with Crippen molar-refractivity contribution in [3.63, 3.8) is 0 Å². The number of nitrogens with zero attached hydrogens (tertiary/aromatic N) is 1. The highest BCUT2D eigenvalue weighted by molar-refractivity contribution is 7.92. The average Bonchev–Trinajstić information content (AvgIpc) is 2.16. The number of sulfone groups is 1. The Morgan fingerprint density at radius 3 is 2.40 bits per heavy atom. The Morgan fingerprint density at radius 1 is 1.33 bits per heavy atom. The zero-order valence-electron chi connectivity index (χ0n) is 8.98. The maximum absolute atomic E-state index is 11.9. The molecule has 15 heavy (non-hydrogen) atoms. The molecule has 0 aliphatic carbocycles. The van der Waals surface area contributed by atoms with Crippen LogP contribution in [0.4, 0.5) is 0 Å². The molecule has 1 aromatic carbocycles. The van der Waals surface area contributed by atoms with Gasteiger partial charge in [0.25, 0.3) is 0 Å². The summed E-state index contributed by atoms with van der Waals surface area (Å²) in [5.41, 5.74) is 1.11. The van der Waals surface area contributed by atoms with Crippen LogP contribution in [0.5, 0.6) is 0 Å². The lowest BCUT2D eigenvalue weighted by Gasteiger charge is -2.09. The molecule has 3 nitrogen and oxygen atoms in total. The molecule has 0 radical (unpaired) electrons. The Kier molecular flexibility index (Phi) is 3.15. The molecule has 0 aliphatic heterocycles. The first-order valence-corrected chi connectivity index (χ1v) is 6.19. The third kappa shape index (κ3) is 2.18. The fourth-order valence-electron chi connectivity index (χ4n) is 1.23. The summed E-state index contributed by atoms with van der Waals surface area (Å²) in [6, 6.07) is 6.72. The molecule has 80 valence electrons. The summed E-state index contributed by atoms with van der Waals surface area (Å²) in [5, 5.41) is 8.37. The van der Waals surface area contributed by atoms with Crippen LogP contribution < -0.4 is 0 Å². The van der Waals surface area contributed by atoms with Gasteiger partial charge in [-0.3, -0.25) is 0 Å². The van der Waals surface area contributed by atoms with Gasteiger partial charge >= 0.3 is 0 Å². The number of nitriles is 1. The van der Waals surface area contributed by atoms with Crippen molar-refractivity contribution in [2.75, 3.05) is 0 Å². The summed E-state index contributed by atoms with van der Waals surface area (Å²) in [6.07, 6.45) is 0. The normalized spacial score (nSPS) is 11.4. The zero-order valence-corrected chi connectivity index (χ0v) is 9.80. The Bertz CT molecular complexity index is 510. The van der Waals surface area contributed by atoms with Crippen molar-refractivity contribution in [1.82, 2.24) is 0 Å². The van der Waals surface area contributed by atoms with Gasteiger partial charge in [0.2, 0.25) is 0 Å². The van der Waals surface area contributed by atoms with Crippen molar-refractivity contribution in [2.45, 2.75) is 30.9 Å². The van der Waals surface area contributed by atoms with E-state index in [9.17, 15) is 8.42 Å². The highest BCUT2D eigenvalue weighted by Gasteiger charge is 2.22. The highest BCUT2D eigenvalue weighted by Crippen LogP contribution is 2.20. The fourth-order valence-corrected chi connectivity index (χ4v) is 2.41. The molecule has 0 N–H and O–H groups in total. The summed E-state index contributed by atoms with van der Waals surface area (Å²) in [4.78, 5) is 0.130. The van der Waals surface area contributed by atoms with Crippen LogP contribution in [0, 0.1) is 18.3 Å². The molecule has 0 bridgehead atoms. The van der Waals surface area contributed by atoms with Crippen molar-refractivity contribution >= 4 is 9.84 Å². The van der Waals surface area contributed by atoms with Gasteiger partial charge in [0.05, 0.1) is 15.7 Å². The molecule has 0 aliphatic rings. The van der Waals surface area contributed by atoms with E-state index in [4.69, 9.17) is 5.26 Å². The number of aryl methyl sites for hydroxylation is 1. The van der Waals surface area contributed by atoms with E-state index in [0.717, 1.165) is 5.56 Å². The number of hydrogen-bond donors (Lipinski definition) is 0. The maximum Gasteiger partial charge on any atom is 0.181 e. The lowest BCUT2D eigenvalue weighted by Crippen LogP contribution is -2.15. The molecule has 0 spiro atoms. The molecule has 4 heteroatoms. The summed E-state index contributed by atoms with van der Waals surface area (Å²) in [6.45, 7) is 5.04. The molecule has 1 rings (SSSR count). The lowest BCUT2D eigenvalue weighted by molar-refractivity contribution is 0.587. The van der Waals surface area contributed by atoms with E-state index in [2.05, 4.69) is 0 Å². The molecule has 0 fully saturated rings. The van der Waals surface area contributed by atoms with Gasteiger partial charge in [0, 0.05) is 0 Å². The van der Waals surface area contributed by atoms with E-state index >= 15 is 0 Å². The smallest absolute Gasteiger partial charge is 0.181 e. The summed E-state index contributed by atoms with van der Waals surface area (Å²) in [5.74, 6) is 0. The van der Waals surface area contributed by atoms with Gasteiger partial charge in [0.1, 0.15) is 6.07 Å². The summed E-state index contributed by atoms with van der Waals surface area (Å²) >= 11 is 0. The first-order valence-electron chi connectivity index (χ1n) is 4.64. The van der Waals surface area contributed by atoms with E-state index in [1.54, 1.807) is 26.0 Å². The van der Waals surface area contributed by atoms with E-state index in [-0.39, 0.29) is 10.5 Å². The van der Waals surface area contributed by atoms with E-state index < -0.39 is 15.1 Å². The molecule has 0 atom stereocenters. The van der Waals surface area contributed by atoms with Gasteiger partial charge in [0.15, 0.2) is 9.84 Å². The van der Waals surface area contributed by atoms with Crippen molar-refractivity contribution in [1.29, 1.82) is 5.26 Å². The van der Waals surface area contributed by atoms with Gasteiger partial charge < -0.3 is 0 Å². The van der Waals surface area contributed by atoms with Crippen LogP contribution in [-0.2, 0) is 9.84 Å². The van der Waals surface area contributed by atoms with Crippen LogP contribution >= 0.6 is 0 Å². The van der Waals surface area contributed by atoms with Crippen molar-refractivity contribution in [3.05, 3.63) is 29.3 Å². The van der Waals surface area contributed by atoms with Gasteiger partial charge in [-0.2, -0.15) is 5.26 Å². The van der Waals surface area contributed by atoms with Gasteiger partial charge in [-0.05, 0) is 38.5 Å². The predicted octanol–water partition coefficient (Wildman–Crippen LogP) is 2.05. The second-order valence-corrected chi connectivity index (χ2v) is 6.18. The second kappa shape index (κ2) is 4.03. The van der Waals surface area contributed by atoms with Crippen LogP contribution in [0.2, 0.25) is 0 Å². The first-order chi connectivity index (χ1) is 6.89. The quantitative estimate of drug-likeness (QED) is 0.771. The van der Waals surface area contributed by atoms with Gasteiger partial charge in [-0.1, -0.05) is 6.07 Å². The van der Waals surface area contributed by atoms with Crippen molar-refractivity contribution in [3.8, 4) is 6.07 Å². The third-order valence-corrected chi connectivity index (χ3v) is 4.39. The predicted molar refractivity (Wildman–Crippen MR) is 58.2 cm³/mol. The topological polar surface area (TPSA) is 57.9 Å². The molecule has 0 saturated heterocycles. The van der Waals surface area contributed by atoms with Crippen LogP contribution in [-0.4, -0.2) is 13.7 Å². The van der Waals surface area contributed by atoms with Crippen LogP contribution in [0.3, 0.4) is 0 Å². The largest absolute Gasteiger partial charge is 0.223 e. The monoisotopic (exact) mass is 223 g/mol. The average molecular weight is 223 g/mol. The van der Waals surface area contributed by atoms with E-state index in [0.29, 0.717) is 0 Å². The first kappa shape index (κ1) is 11.7. The fraction of sp³-hybridized carbons (Fsp3) is 0.364. The summed E-state index contributed by atoms with van der Waals surface area (Å²) < 4.78 is 23.7. The second-order valence-electron chi connectivity index (χ2n) is 3.71. The number of hydrogen-bond acceptors (Lipinski definition) is 3. The molecular weight excluding hydrogens is 210 g/mol. The van der Waals surface area contributed by atoms with E-state index in [1.165, 1.54) is 6.07 Å². The highest BCUT2D eigenvalue weighted by atomic mass is 32.2. The molecule has 0 amide bonds. The van der Waals surface area contributed by atoms with Crippen molar-refractivity contribution < 1.29 is 8.42 Å². The minimum Gasteiger partial charge on any atom is -0.223 e.